The number of carbonyl (C=O) groups excluding carboxylic acids is 1. The molecule has 1 amide bonds. The zero-order valence-electron chi connectivity index (χ0n) is 17.7. The monoisotopic (exact) mass is 452 g/mol. The first-order chi connectivity index (χ1) is 15.7. The van der Waals surface area contributed by atoms with Gasteiger partial charge in [0.1, 0.15) is 5.75 Å². The highest BCUT2D eigenvalue weighted by Crippen LogP contribution is 2.42. The molecule has 1 saturated carbocycles. The summed E-state index contributed by atoms with van der Waals surface area (Å²) in [5.41, 5.74) is 1.66. The Balaban J connectivity index is 1.30. The van der Waals surface area contributed by atoms with E-state index in [1.807, 2.05) is 42.5 Å². The third-order valence-corrected chi connectivity index (χ3v) is 6.23. The van der Waals surface area contributed by atoms with Gasteiger partial charge in [-0.2, -0.15) is 0 Å². The second kappa shape index (κ2) is 9.12. The number of nitrogens with zero attached hydrogens (tertiary/aromatic N) is 3. The maximum atomic E-state index is 12.5. The lowest BCUT2D eigenvalue weighted by atomic mass is 10.2. The highest BCUT2D eigenvalue weighted by Gasteiger charge is 2.30. The maximum absolute atomic E-state index is 12.5. The van der Waals surface area contributed by atoms with Crippen LogP contribution in [0.4, 0.5) is 5.69 Å². The SMILES string of the molecule is COc1ccc(NC(=O)CSc2nnc(-c3ccc4c(c3)OCCCO4)n2C2CC2)cc1. The number of anilines is 1. The normalized spacial score (nSPS) is 15.2. The summed E-state index contributed by atoms with van der Waals surface area (Å²) in [6, 6.07) is 13.5. The third-order valence-electron chi connectivity index (χ3n) is 5.29. The van der Waals surface area contributed by atoms with Crippen molar-refractivity contribution in [2.24, 2.45) is 0 Å². The van der Waals surface area contributed by atoms with Crippen LogP contribution in [0.2, 0.25) is 0 Å². The fraction of sp³-hybridized carbons (Fsp3) is 0.348. The van der Waals surface area contributed by atoms with E-state index in [1.165, 1.54) is 11.8 Å². The van der Waals surface area contributed by atoms with E-state index in [-0.39, 0.29) is 11.7 Å². The molecule has 1 aliphatic heterocycles. The van der Waals surface area contributed by atoms with Crippen LogP contribution >= 0.6 is 11.8 Å². The van der Waals surface area contributed by atoms with Crippen molar-refractivity contribution in [2.75, 3.05) is 31.4 Å². The summed E-state index contributed by atoms with van der Waals surface area (Å²) in [5, 5.41) is 12.5. The van der Waals surface area contributed by atoms with Crippen molar-refractivity contribution in [2.45, 2.75) is 30.5 Å². The summed E-state index contributed by atoms with van der Waals surface area (Å²) in [6.07, 6.45) is 3.03. The lowest BCUT2D eigenvalue weighted by Gasteiger charge is -2.11. The molecule has 1 fully saturated rings. The van der Waals surface area contributed by atoms with E-state index in [1.54, 1.807) is 7.11 Å². The molecule has 3 aromatic rings. The molecule has 2 aromatic carbocycles. The Kier molecular flexibility index (Phi) is 5.89. The molecule has 8 nitrogen and oxygen atoms in total. The van der Waals surface area contributed by atoms with Crippen molar-refractivity contribution < 1.29 is 19.0 Å². The predicted molar refractivity (Wildman–Crippen MR) is 122 cm³/mol. The number of hydrogen-bond donors (Lipinski definition) is 1. The van der Waals surface area contributed by atoms with Crippen LogP contribution in [-0.4, -0.2) is 46.7 Å². The van der Waals surface area contributed by atoms with Crippen LogP contribution < -0.4 is 19.5 Å². The van der Waals surface area contributed by atoms with E-state index in [4.69, 9.17) is 14.2 Å². The maximum Gasteiger partial charge on any atom is 0.234 e. The molecule has 0 radical (unpaired) electrons. The molecule has 0 unspecified atom stereocenters. The third kappa shape index (κ3) is 4.52. The van der Waals surface area contributed by atoms with Gasteiger partial charge in [0.15, 0.2) is 22.5 Å². The number of aromatic nitrogens is 3. The number of methoxy groups -OCH3 is 1. The fourth-order valence-electron chi connectivity index (χ4n) is 3.54. The van der Waals surface area contributed by atoms with E-state index in [9.17, 15) is 4.79 Å². The van der Waals surface area contributed by atoms with Crippen LogP contribution in [0.3, 0.4) is 0 Å². The Morgan fingerprint density at radius 1 is 1.12 bits per heavy atom. The number of thioether (sulfide) groups is 1. The minimum absolute atomic E-state index is 0.0948. The summed E-state index contributed by atoms with van der Waals surface area (Å²) >= 11 is 1.39. The van der Waals surface area contributed by atoms with Gasteiger partial charge in [-0.25, -0.2) is 0 Å². The van der Waals surface area contributed by atoms with E-state index in [0.717, 1.165) is 58.7 Å². The smallest absolute Gasteiger partial charge is 0.234 e. The molecular weight excluding hydrogens is 428 g/mol. The molecule has 0 spiro atoms. The molecule has 1 aromatic heterocycles. The fourth-order valence-corrected chi connectivity index (χ4v) is 4.34. The van der Waals surface area contributed by atoms with Gasteiger partial charge < -0.3 is 19.5 Å². The lowest BCUT2D eigenvalue weighted by molar-refractivity contribution is -0.113. The molecule has 1 N–H and O–H groups in total. The van der Waals surface area contributed by atoms with Gasteiger partial charge in [0, 0.05) is 23.7 Å². The minimum Gasteiger partial charge on any atom is -0.497 e. The van der Waals surface area contributed by atoms with Crippen molar-refractivity contribution in [3.63, 3.8) is 0 Å². The van der Waals surface area contributed by atoms with Gasteiger partial charge in [0.25, 0.3) is 0 Å². The first kappa shape index (κ1) is 20.7. The molecule has 2 heterocycles. The van der Waals surface area contributed by atoms with Crippen LogP contribution in [0.15, 0.2) is 47.6 Å². The Hall–Kier alpha value is -3.20. The second-order valence-electron chi connectivity index (χ2n) is 7.68. The average molecular weight is 453 g/mol. The highest BCUT2D eigenvalue weighted by atomic mass is 32.2. The number of nitrogens with one attached hydrogen (secondary N) is 1. The van der Waals surface area contributed by atoms with Crippen LogP contribution in [0, 0.1) is 0 Å². The van der Waals surface area contributed by atoms with Crippen LogP contribution in [0.1, 0.15) is 25.3 Å². The van der Waals surface area contributed by atoms with Gasteiger partial charge in [-0.05, 0) is 55.3 Å². The molecule has 1 aliphatic carbocycles. The largest absolute Gasteiger partial charge is 0.497 e. The Bertz CT molecular complexity index is 1110. The average Bonchev–Trinajstić information content (AvgIpc) is 3.61. The summed E-state index contributed by atoms with van der Waals surface area (Å²) in [4.78, 5) is 12.5. The molecule has 2 aliphatic rings. The Labute approximate surface area is 190 Å². The van der Waals surface area contributed by atoms with Crippen LogP contribution in [0.5, 0.6) is 17.2 Å². The van der Waals surface area contributed by atoms with Gasteiger partial charge in [0.05, 0.1) is 26.1 Å². The van der Waals surface area contributed by atoms with E-state index < -0.39 is 0 Å². The standard InChI is InChI=1S/C23H24N4O4S/c1-29-18-8-4-16(5-9-18)24-21(28)14-32-23-26-25-22(27(23)17-6-7-17)15-3-10-19-20(13-15)31-12-2-11-30-19/h3-5,8-10,13,17H,2,6-7,11-12,14H2,1H3,(H,24,28). The molecule has 9 heteroatoms. The Morgan fingerprint density at radius 3 is 2.66 bits per heavy atom. The van der Waals surface area contributed by atoms with Crippen molar-refractivity contribution in [3.05, 3.63) is 42.5 Å². The van der Waals surface area contributed by atoms with Crippen LogP contribution in [-0.2, 0) is 4.79 Å². The van der Waals surface area contributed by atoms with Crippen LogP contribution in [0.25, 0.3) is 11.4 Å². The Morgan fingerprint density at radius 2 is 1.91 bits per heavy atom. The number of ether oxygens (including phenoxy) is 3. The molecule has 0 saturated heterocycles. The van der Waals surface area contributed by atoms with E-state index in [0.29, 0.717) is 19.3 Å². The molecule has 166 valence electrons. The molecule has 0 bridgehead atoms. The van der Waals surface area contributed by atoms with Crippen molar-refractivity contribution in [1.29, 1.82) is 0 Å². The quantitative estimate of drug-likeness (QED) is 0.538. The zero-order chi connectivity index (χ0) is 21.9. The zero-order valence-corrected chi connectivity index (χ0v) is 18.6. The minimum atomic E-state index is -0.0948. The van der Waals surface area contributed by atoms with E-state index in [2.05, 4.69) is 20.1 Å². The molecular formula is C23H24N4O4S. The topological polar surface area (TPSA) is 87.5 Å². The lowest BCUT2D eigenvalue weighted by Crippen LogP contribution is -2.14. The van der Waals surface area contributed by atoms with Crippen molar-refractivity contribution in [1.82, 2.24) is 14.8 Å². The van der Waals surface area contributed by atoms with Gasteiger partial charge in [0.2, 0.25) is 5.91 Å². The van der Waals surface area contributed by atoms with Gasteiger partial charge in [-0.3, -0.25) is 9.36 Å². The van der Waals surface area contributed by atoms with Crippen molar-refractivity contribution >= 4 is 23.4 Å². The number of carbonyl (C=O) groups is 1. The van der Waals surface area contributed by atoms with Gasteiger partial charge in [-0.1, -0.05) is 11.8 Å². The number of rotatable bonds is 7. The van der Waals surface area contributed by atoms with Gasteiger partial charge in [-0.15, -0.1) is 10.2 Å². The predicted octanol–water partition coefficient (Wildman–Crippen LogP) is 4.18. The van der Waals surface area contributed by atoms with Gasteiger partial charge >= 0.3 is 0 Å². The van der Waals surface area contributed by atoms with Crippen molar-refractivity contribution in [3.8, 4) is 28.6 Å². The summed E-state index contributed by atoms with van der Waals surface area (Å²) in [7, 11) is 1.61. The van der Waals surface area contributed by atoms with E-state index >= 15 is 0 Å². The first-order valence-electron chi connectivity index (χ1n) is 10.6. The summed E-state index contributed by atoms with van der Waals surface area (Å²) < 4.78 is 18.9. The number of amides is 1. The summed E-state index contributed by atoms with van der Waals surface area (Å²) in [6.45, 7) is 1.29. The highest BCUT2D eigenvalue weighted by molar-refractivity contribution is 7.99. The molecule has 32 heavy (non-hydrogen) atoms. The molecule has 5 rings (SSSR count). The number of hydrogen-bond acceptors (Lipinski definition) is 7. The number of fused-ring (bicyclic) bond motifs is 1. The molecule has 0 atom stereocenters. The number of benzene rings is 2. The second-order valence-corrected chi connectivity index (χ2v) is 8.63. The first-order valence-corrected chi connectivity index (χ1v) is 11.6. The summed E-state index contributed by atoms with van der Waals surface area (Å²) in [5.74, 6) is 3.19.